The number of aryl methyl sites for hydroxylation is 1. The first-order valence-corrected chi connectivity index (χ1v) is 5.74. The average Bonchev–Trinajstić information content (AvgIpc) is 2.21. The van der Waals surface area contributed by atoms with Crippen LogP contribution in [0.4, 0.5) is 0 Å². The predicted octanol–water partition coefficient (Wildman–Crippen LogP) is 2.88. The van der Waals surface area contributed by atoms with Crippen molar-refractivity contribution in [2.24, 2.45) is 4.99 Å². The van der Waals surface area contributed by atoms with Crippen LogP contribution in [-0.2, 0) is 0 Å². The van der Waals surface area contributed by atoms with E-state index >= 15 is 0 Å². The van der Waals surface area contributed by atoms with Gasteiger partial charge in [-0.25, -0.2) is 0 Å². The van der Waals surface area contributed by atoms with Crippen LogP contribution in [0.2, 0.25) is 0 Å². The van der Waals surface area contributed by atoms with Crippen molar-refractivity contribution in [3.05, 3.63) is 33.8 Å². The lowest BCUT2D eigenvalue weighted by Gasteiger charge is -2.10. The van der Waals surface area contributed by atoms with Crippen molar-refractivity contribution in [2.45, 2.75) is 13.8 Å². The third kappa shape index (κ3) is 3.17. The van der Waals surface area contributed by atoms with Crippen molar-refractivity contribution >= 4 is 27.7 Å². The topological polar surface area (TPSA) is 32.7 Å². The molecule has 0 fully saturated rings. The second-order valence-corrected chi connectivity index (χ2v) is 4.68. The number of amides is 1. The number of hydrogen-bond acceptors (Lipinski definition) is 1. The van der Waals surface area contributed by atoms with Gasteiger partial charge in [0.25, 0.3) is 5.91 Å². The Bertz CT molecular complexity index is 439. The standard InChI is InChI=1S/C12H15BrN2O/c1-8-5-6-10(7-11(8)13)12(16)14-9(2)15(3)4/h5-7H,1-4H3/b14-9-. The first-order valence-electron chi connectivity index (χ1n) is 4.95. The molecular weight excluding hydrogens is 268 g/mol. The highest BCUT2D eigenvalue weighted by atomic mass is 79.9. The van der Waals surface area contributed by atoms with Gasteiger partial charge in [0.2, 0.25) is 0 Å². The molecule has 0 bridgehead atoms. The summed E-state index contributed by atoms with van der Waals surface area (Å²) in [5.74, 6) is 0.480. The zero-order valence-electron chi connectivity index (χ0n) is 9.91. The summed E-state index contributed by atoms with van der Waals surface area (Å²) >= 11 is 3.40. The number of nitrogens with zero attached hydrogens (tertiary/aromatic N) is 2. The minimum Gasteiger partial charge on any atom is -0.366 e. The zero-order valence-corrected chi connectivity index (χ0v) is 11.5. The lowest BCUT2D eigenvalue weighted by Crippen LogP contribution is -2.19. The van der Waals surface area contributed by atoms with Crippen molar-refractivity contribution in [1.29, 1.82) is 0 Å². The molecule has 0 atom stereocenters. The summed E-state index contributed by atoms with van der Waals surface area (Å²) in [4.78, 5) is 17.6. The van der Waals surface area contributed by atoms with Gasteiger partial charge in [-0.1, -0.05) is 22.0 Å². The van der Waals surface area contributed by atoms with E-state index in [1.165, 1.54) is 0 Å². The minimum atomic E-state index is -0.216. The lowest BCUT2D eigenvalue weighted by atomic mass is 10.1. The fourth-order valence-corrected chi connectivity index (χ4v) is 1.42. The molecule has 3 nitrogen and oxygen atoms in total. The molecule has 0 saturated heterocycles. The third-order valence-electron chi connectivity index (χ3n) is 2.33. The zero-order chi connectivity index (χ0) is 12.3. The first kappa shape index (κ1) is 12.9. The van der Waals surface area contributed by atoms with E-state index in [9.17, 15) is 4.79 Å². The van der Waals surface area contributed by atoms with E-state index in [1.54, 1.807) is 24.0 Å². The van der Waals surface area contributed by atoms with E-state index in [2.05, 4.69) is 20.9 Å². The molecule has 0 radical (unpaired) electrons. The first-order chi connectivity index (χ1) is 7.41. The molecule has 16 heavy (non-hydrogen) atoms. The highest BCUT2D eigenvalue weighted by Crippen LogP contribution is 2.18. The number of rotatable bonds is 1. The number of aliphatic imine (C=N–C) groups is 1. The fourth-order valence-electron chi connectivity index (χ4n) is 1.04. The summed E-state index contributed by atoms with van der Waals surface area (Å²) in [5, 5.41) is 0. The highest BCUT2D eigenvalue weighted by molar-refractivity contribution is 9.10. The Hall–Kier alpha value is -1.16. The smallest absolute Gasteiger partial charge is 0.278 e. The number of benzene rings is 1. The Morgan fingerprint density at radius 2 is 2.00 bits per heavy atom. The Labute approximate surface area is 104 Å². The summed E-state index contributed by atoms with van der Waals surface area (Å²) in [6.45, 7) is 3.79. The number of amidine groups is 1. The molecule has 0 unspecified atom stereocenters. The number of halogens is 1. The molecule has 86 valence electrons. The van der Waals surface area contributed by atoms with Gasteiger partial charge in [0.05, 0.1) is 0 Å². The van der Waals surface area contributed by atoms with Gasteiger partial charge in [-0.2, -0.15) is 4.99 Å². The fraction of sp³-hybridized carbons (Fsp3) is 0.333. The van der Waals surface area contributed by atoms with Gasteiger partial charge in [-0.3, -0.25) is 4.79 Å². The molecule has 4 heteroatoms. The van der Waals surface area contributed by atoms with Crippen LogP contribution in [0.25, 0.3) is 0 Å². The molecule has 0 N–H and O–H groups in total. The van der Waals surface area contributed by atoms with Gasteiger partial charge >= 0.3 is 0 Å². The third-order valence-corrected chi connectivity index (χ3v) is 3.18. The van der Waals surface area contributed by atoms with Gasteiger partial charge in [0.1, 0.15) is 5.84 Å². The van der Waals surface area contributed by atoms with Crippen LogP contribution in [0.1, 0.15) is 22.8 Å². The Morgan fingerprint density at radius 3 is 2.50 bits per heavy atom. The second kappa shape index (κ2) is 5.25. The normalized spacial score (nSPS) is 11.4. The molecule has 1 amide bonds. The van der Waals surface area contributed by atoms with E-state index in [4.69, 9.17) is 0 Å². The van der Waals surface area contributed by atoms with E-state index < -0.39 is 0 Å². The molecule has 1 aromatic rings. The number of carbonyl (C=O) groups excluding carboxylic acids is 1. The van der Waals surface area contributed by atoms with E-state index in [0.29, 0.717) is 11.4 Å². The minimum absolute atomic E-state index is 0.216. The van der Waals surface area contributed by atoms with Crippen LogP contribution in [0.3, 0.4) is 0 Å². The maximum absolute atomic E-state index is 11.8. The maximum atomic E-state index is 11.8. The van der Waals surface area contributed by atoms with Gasteiger partial charge in [-0.05, 0) is 31.5 Å². The Kier molecular flexibility index (Phi) is 4.24. The molecular formula is C12H15BrN2O. The molecule has 0 aliphatic heterocycles. The van der Waals surface area contributed by atoms with Gasteiger partial charge in [0, 0.05) is 24.1 Å². The van der Waals surface area contributed by atoms with Gasteiger partial charge in [-0.15, -0.1) is 0 Å². The Morgan fingerprint density at radius 1 is 1.38 bits per heavy atom. The van der Waals surface area contributed by atoms with Crippen LogP contribution >= 0.6 is 15.9 Å². The largest absolute Gasteiger partial charge is 0.366 e. The molecule has 0 aliphatic carbocycles. The summed E-state index contributed by atoms with van der Waals surface area (Å²) in [5.41, 5.74) is 1.70. The Balaban J connectivity index is 2.98. The summed E-state index contributed by atoms with van der Waals surface area (Å²) in [6.07, 6.45) is 0. The molecule has 1 aromatic carbocycles. The second-order valence-electron chi connectivity index (χ2n) is 3.82. The van der Waals surface area contributed by atoms with E-state index in [1.807, 2.05) is 27.1 Å². The van der Waals surface area contributed by atoms with Crippen LogP contribution in [0.5, 0.6) is 0 Å². The van der Waals surface area contributed by atoms with Crippen molar-refractivity contribution in [3.63, 3.8) is 0 Å². The molecule has 0 spiro atoms. The van der Waals surface area contributed by atoms with E-state index in [0.717, 1.165) is 10.0 Å². The number of carbonyl (C=O) groups is 1. The monoisotopic (exact) mass is 282 g/mol. The predicted molar refractivity (Wildman–Crippen MR) is 70.0 cm³/mol. The quantitative estimate of drug-likeness (QED) is 0.586. The van der Waals surface area contributed by atoms with Gasteiger partial charge < -0.3 is 4.90 Å². The maximum Gasteiger partial charge on any atom is 0.278 e. The van der Waals surface area contributed by atoms with E-state index in [-0.39, 0.29) is 5.91 Å². The van der Waals surface area contributed by atoms with Crippen molar-refractivity contribution in [2.75, 3.05) is 14.1 Å². The van der Waals surface area contributed by atoms with Crippen molar-refractivity contribution in [1.82, 2.24) is 4.90 Å². The SMILES string of the molecule is C/C(=N/C(=O)c1ccc(C)c(Br)c1)N(C)C. The van der Waals surface area contributed by atoms with Crippen LogP contribution in [0.15, 0.2) is 27.7 Å². The van der Waals surface area contributed by atoms with Crippen molar-refractivity contribution < 1.29 is 4.79 Å². The van der Waals surface area contributed by atoms with Crippen LogP contribution in [-0.4, -0.2) is 30.7 Å². The molecule has 1 rings (SSSR count). The van der Waals surface area contributed by atoms with Crippen LogP contribution in [0, 0.1) is 6.92 Å². The summed E-state index contributed by atoms with van der Waals surface area (Å²) < 4.78 is 0.927. The highest BCUT2D eigenvalue weighted by Gasteiger charge is 2.07. The lowest BCUT2D eigenvalue weighted by molar-refractivity contribution is 0.100. The molecule has 0 saturated carbocycles. The number of hydrogen-bond donors (Lipinski definition) is 0. The summed E-state index contributed by atoms with van der Waals surface area (Å²) in [7, 11) is 3.72. The summed E-state index contributed by atoms with van der Waals surface area (Å²) in [6, 6.07) is 5.48. The average molecular weight is 283 g/mol. The van der Waals surface area contributed by atoms with Crippen molar-refractivity contribution in [3.8, 4) is 0 Å². The van der Waals surface area contributed by atoms with Gasteiger partial charge in [0.15, 0.2) is 0 Å². The molecule has 0 heterocycles. The molecule has 0 aliphatic rings. The van der Waals surface area contributed by atoms with Crippen LogP contribution < -0.4 is 0 Å². The molecule has 0 aromatic heterocycles.